The van der Waals surface area contributed by atoms with Crippen LogP contribution in [0.2, 0.25) is 0 Å². The average Bonchev–Trinajstić information content (AvgIpc) is 3.06. The van der Waals surface area contributed by atoms with Gasteiger partial charge in [-0.25, -0.2) is 4.79 Å². The molecule has 3 heterocycles. The van der Waals surface area contributed by atoms with E-state index in [1.165, 1.54) is 4.90 Å². The Hall–Kier alpha value is -2.74. The van der Waals surface area contributed by atoms with Gasteiger partial charge in [-0.05, 0) is 6.92 Å². The summed E-state index contributed by atoms with van der Waals surface area (Å²) in [6.45, 7) is 3.35. The van der Waals surface area contributed by atoms with Crippen LogP contribution in [0.4, 0.5) is 10.5 Å². The third-order valence-electron chi connectivity index (χ3n) is 4.37. The Bertz CT molecular complexity index is 694. The number of hydrogen-bond donors (Lipinski definition) is 2. The van der Waals surface area contributed by atoms with E-state index >= 15 is 0 Å². The highest BCUT2D eigenvalue weighted by atomic mass is 16.4. The maximum atomic E-state index is 12.3. The Balaban J connectivity index is 1.84. The van der Waals surface area contributed by atoms with Gasteiger partial charge in [0.1, 0.15) is 17.2 Å². The number of amides is 2. The molecule has 2 N–H and O–H groups in total. The van der Waals surface area contributed by atoms with Gasteiger partial charge >= 0.3 is 6.09 Å². The van der Waals surface area contributed by atoms with Crippen molar-refractivity contribution in [2.45, 2.75) is 32.5 Å². The first kappa shape index (κ1) is 15.2. The van der Waals surface area contributed by atoms with Gasteiger partial charge in [0.15, 0.2) is 0 Å². The van der Waals surface area contributed by atoms with E-state index in [1.54, 1.807) is 15.8 Å². The van der Waals surface area contributed by atoms with Crippen molar-refractivity contribution in [1.29, 1.82) is 5.53 Å². The van der Waals surface area contributed by atoms with E-state index in [-0.39, 0.29) is 24.4 Å². The molecule has 1 saturated heterocycles. The van der Waals surface area contributed by atoms with Crippen LogP contribution >= 0.6 is 0 Å². The zero-order chi connectivity index (χ0) is 16.6. The number of carbonyl (C=O) groups is 2. The molecule has 2 aliphatic heterocycles. The molecule has 0 spiro atoms. The second-order valence-corrected chi connectivity index (χ2v) is 5.92. The Kier molecular flexibility index (Phi) is 3.83. The summed E-state index contributed by atoms with van der Waals surface area (Å²) in [4.78, 5) is 29.6. The van der Waals surface area contributed by atoms with E-state index in [4.69, 9.17) is 5.53 Å². The van der Waals surface area contributed by atoms with Crippen LogP contribution in [0.3, 0.4) is 0 Å². The maximum absolute atomic E-state index is 12.3. The van der Waals surface area contributed by atoms with Gasteiger partial charge in [-0.15, -0.1) is 0 Å². The van der Waals surface area contributed by atoms with Crippen LogP contribution in [0.1, 0.15) is 19.0 Å². The normalized spacial score (nSPS) is 23.6. The lowest BCUT2D eigenvalue weighted by Gasteiger charge is -2.32. The van der Waals surface area contributed by atoms with Gasteiger partial charge in [0.2, 0.25) is 10.8 Å². The van der Waals surface area contributed by atoms with E-state index in [1.807, 2.05) is 6.92 Å². The summed E-state index contributed by atoms with van der Waals surface area (Å²) in [5.41, 5.74) is 8.10. The fourth-order valence-corrected chi connectivity index (χ4v) is 3.16. The Morgan fingerprint density at radius 1 is 1.57 bits per heavy atom. The molecule has 0 bridgehead atoms. The summed E-state index contributed by atoms with van der Waals surface area (Å²) in [5.74, 6) is -0.0169. The van der Waals surface area contributed by atoms with Gasteiger partial charge in [0.05, 0.1) is 36.7 Å². The first-order valence-corrected chi connectivity index (χ1v) is 7.39. The van der Waals surface area contributed by atoms with Gasteiger partial charge in [-0.3, -0.25) is 14.4 Å². The highest BCUT2D eigenvalue weighted by Crippen LogP contribution is 2.31. The number of nitrogens with zero attached hydrogens (tertiary/aromatic N) is 6. The van der Waals surface area contributed by atoms with Crippen molar-refractivity contribution in [3.05, 3.63) is 11.9 Å². The maximum Gasteiger partial charge on any atom is 0.407 e. The fourth-order valence-electron chi connectivity index (χ4n) is 3.16. The number of hydrogen-bond acceptors (Lipinski definition) is 5. The number of fused-ring (bicyclic) bond motifs is 1. The van der Waals surface area contributed by atoms with Crippen molar-refractivity contribution in [2.75, 3.05) is 18.0 Å². The van der Waals surface area contributed by atoms with Crippen LogP contribution < -0.4 is 9.81 Å². The molecule has 10 nitrogen and oxygen atoms in total. The summed E-state index contributed by atoms with van der Waals surface area (Å²) in [7, 11) is 0. The first-order chi connectivity index (χ1) is 11.0. The molecular weight excluding hydrogens is 302 g/mol. The molecule has 2 amide bonds. The topological polar surface area (TPSA) is 129 Å². The second-order valence-electron chi connectivity index (χ2n) is 5.92. The zero-order valence-electron chi connectivity index (χ0n) is 12.7. The number of rotatable bonds is 3. The van der Waals surface area contributed by atoms with Gasteiger partial charge in [0.25, 0.3) is 0 Å². The van der Waals surface area contributed by atoms with E-state index < -0.39 is 6.09 Å². The van der Waals surface area contributed by atoms with Crippen molar-refractivity contribution in [2.24, 2.45) is 11.0 Å². The van der Waals surface area contributed by atoms with E-state index in [9.17, 15) is 14.7 Å². The minimum Gasteiger partial charge on any atom is -0.465 e. The second kappa shape index (κ2) is 5.81. The molecule has 2 aliphatic rings. The minimum absolute atomic E-state index is 0.0187. The monoisotopic (exact) mass is 320 g/mol. The van der Waals surface area contributed by atoms with Crippen LogP contribution in [0.25, 0.3) is 0 Å². The molecule has 3 rings (SSSR count). The first-order valence-electron chi connectivity index (χ1n) is 7.39. The lowest BCUT2D eigenvalue weighted by Crippen LogP contribution is -2.44. The van der Waals surface area contributed by atoms with Crippen molar-refractivity contribution in [1.82, 2.24) is 19.6 Å². The number of anilines is 1. The Morgan fingerprint density at radius 3 is 3.04 bits per heavy atom. The van der Waals surface area contributed by atoms with Crippen LogP contribution in [-0.2, 0) is 17.9 Å². The molecule has 1 aromatic heterocycles. The van der Waals surface area contributed by atoms with Crippen LogP contribution in [0.15, 0.2) is 11.3 Å². The van der Waals surface area contributed by atoms with Gasteiger partial charge in [0, 0.05) is 18.9 Å². The Morgan fingerprint density at radius 2 is 2.35 bits per heavy atom. The largest absolute Gasteiger partial charge is 0.465 e. The van der Waals surface area contributed by atoms with E-state index in [0.29, 0.717) is 31.7 Å². The molecule has 23 heavy (non-hydrogen) atoms. The van der Waals surface area contributed by atoms with Crippen molar-refractivity contribution >= 4 is 17.7 Å². The lowest BCUT2D eigenvalue weighted by molar-refractivity contribution is -0.117. The van der Waals surface area contributed by atoms with E-state index in [0.717, 1.165) is 5.69 Å². The number of carboxylic acid groups (broad SMARTS) is 1. The molecule has 1 unspecified atom stereocenters. The molecule has 0 saturated carbocycles. The van der Waals surface area contributed by atoms with Crippen LogP contribution in [0.5, 0.6) is 0 Å². The standard InChI is InChI=1S/C13H17N7O3/c1-8-5-20-11(7-18(8)13(22)23)10(4-16-20)19-6-9(2-12(19)21)3-15-17-14/h4,8-9,14H,2-3,5-7H2,1H3/p+1/t8-,9?/m0/s1. The van der Waals surface area contributed by atoms with Crippen molar-refractivity contribution < 1.29 is 14.7 Å². The summed E-state index contributed by atoms with van der Waals surface area (Å²) in [6.07, 6.45) is 1.000. The zero-order valence-corrected chi connectivity index (χ0v) is 12.7. The molecule has 0 radical (unpaired) electrons. The Labute approximate surface area is 131 Å². The predicted molar refractivity (Wildman–Crippen MR) is 77.9 cm³/mol. The molecule has 10 heteroatoms. The molecule has 2 atom stereocenters. The molecule has 1 aromatic rings. The smallest absolute Gasteiger partial charge is 0.407 e. The average molecular weight is 320 g/mol. The lowest BCUT2D eigenvalue weighted by atomic mass is 10.1. The van der Waals surface area contributed by atoms with Gasteiger partial charge in [-0.2, -0.15) is 5.10 Å². The highest BCUT2D eigenvalue weighted by Gasteiger charge is 2.36. The molecule has 0 aromatic carbocycles. The molecule has 1 fully saturated rings. The number of nitrogens with one attached hydrogen (secondary N) is 1. The molecular formula is C13H18N7O3+. The van der Waals surface area contributed by atoms with Crippen LogP contribution in [0, 0.1) is 11.4 Å². The van der Waals surface area contributed by atoms with Crippen molar-refractivity contribution in [3.63, 3.8) is 0 Å². The summed E-state index contributed by atoms with van der Waals surface area (Å²) in [6, 6.07) is -0.160. The molecule has 0 aliphatic carbocycles. The van der Waals surface area contributed by atoms with Gasteiger partial charge < -0.3 is 10.0 Å². The summed E-state index contributed by atoms with van der Waals surface area (Å²) < 4.78 is 1.77. The predicted octanol–water partition coefficient (Wildman–Crippen LogP) is 0.668. The van der Waals surface area contributed by atoms with Crippen molar-refractivity contribution in [3.8, 4) is 0 Å². The summed E-state index contributed by atoms with van der Waals surface area (Å²) >= 11 is 0. The quantitative estimate of drug-likeness (QED) is 0.626. The minimum atomic E-state index is -0.975. The van der Waals surface area contributed by atoms with Gasteiger partial charge in [-0.1, -0.05) is 0 Å². The molecule has 122 valence electrons. The third kappa shape index (κ3) is 2.68. The van der Waals surface area contributed by atoms with E-state index in [2.05, 4.69) is 15.1 Å². The van der Waals surface area contributed by atoms with Crippen LogP contribution in [-0.4, -0.2) is 50.9 Å². The number of aromatic nitrogens is 2. The number of carbonyl (C=O) groups excluding carboxylic acids is 1. The highest BCUT2D eigenvalue weighted by molar-refractivity contribution is 5.96. The third-order valence-corrected chi connectivity index (χ3v) is 4.37. The SMILES string of the molecule is C[C@H]1Cn2ncc(N3CC(CN=[N+]=N)CC3=O)c2CN1C(=O)O. The fraction of sp³-hybridized carbons (Fsp3) is 0.615. The summed E-state index contributed by atoms with van der Waals surface area (Å²) in [5, 5.41) is 17.2.